The molecule has 0 aliphatic heterocycles. The van der Waals surface area contributed by atoms with Crippen molar-refractivity contribution in [2.24, 2.45) is 0 Å². The summed E-state index contributed by atoms with van der Waals surface area (Å²) in [6.07, 6.45) is 1.26. The van der Waals surface area contributed by atoms with Crippen molar-refractivity contribution in [3.63, 3.8) is 0 Å². The molecule has 1 heterocycles. The lowest BCUT2D eigenvalue weighted by molar-refractivity contribution is 0.0996. The van der Waals surface area contributed by atoms with E-state index in [1.807, 2.05) is 19.1 Å². The maximum Gasteiger partial charge on any atom is 0.310 e. The average Bonchev–Trinajstić information content (AvgIpc) is 2.81. The fourth-order valence-corrected chi connectivity index (χ4v) is 1.39. The topological polar surface area (TPSA) is 61.9 Å². The number of carbonyl (C=O) groups excluding carboxylic acids is 1. The molecule has 0 fully saturated rings. The molecule has 1 aromatic carbocycles. The summed E-state index contributed by atoms with van der Waals surface area (Å²) in [6.45, 7) is 1.96. The van der Waals surface area contributed by atoms with E-state index in [-0.39, 0.29) is 5.82 Å². The Labute approximate surface area is 97.2 Å². The number of hydrogen-bond donors (Lipinski definition) is 1. The minimum Gasteiger partial charge on any atom is -0.264 e. The second-order valence-corrected chi connectivity index (χ2v) is 3.59. The molecule has 2 aromatic rings. The first kappa shape index (κ1) is 10.6. The van der Waals surface area contributed by atoms with E-state index in [1.54, 1.807) is 12.1 Å². The number of hydrogen-bond acceptors (Lipinski definition) is 3. The fraction of sp³-hybridized carbons (Fsp3) is 0.100. The van der Waals surface area contributed by atoms with E-state index in [9.17, 15) is 4.79 Å². The molecular weight excluding hydrogens is 228 g/mol. The quantitative estimate of drug-likeness (QED) is 0.811. The first-order chi connectivity index (χ1) is 7.68. The van der Waals surface area contributed by atoms with Gasteiger partial charge in [0.25, 0.3) is 0 Å². The molecular formula is C10H9ClN4O. The highest BCUT2D eigenvalue weighted by Crippen LogP contribution is 2.18. The van der Waals surface area contributed by atoms with Crippen LogP contribution in [-0.2, 0) is 0 Å². The number of halogens is 1. The summed E-state index contributed by atoms with van der Waals surface area (Å²) in [7, 11) is 0. The molecule has 1 N–H and O–H groups in total. The van der Waals surface area contributed by atoms with Gasteiger partial charge in [-0.3, -0.25) is 9.89 Å². The Bertz CT molecular complexity index is 480. The number of carbonyl (C=O) groups is 1. The van der Waals surface area contributed by atoms with Gasteiger partial charge in [-0.25, -0.2) is 9.40 Å². The Morgan fingerprint density at radius 1 is 1.38 bits per heavy atom. The van der Waals surface area contributed by atoms with Crippen LogP contribution in [0.4, 0.5) is 5.69 Å². The molecule has 2 rings (SSSR count). The number of benzene rings is 1. The van der Waals surface area contributed by atoms with Gasteiger partial charge < -0.3 is 0 Å². The first-order valence-electron chi connectivity index (χ1n) is 4.61. The number of amides is 1. The van der Waals surface area contributed by atoms with E-state index in [4.69, 9.17) is 11.8 Å². The van der Waals surface area contributed by atoms with Crippen molar-refractivity contribution in [2.75, 3.05) is 4.42 Å². The van der Waals surface area contributed by atoms with Crippen LogP contribution in [0.3, 0.4) is 0 Å². The Hall–Kier alpha value is -1.88. The lowest BCUT2D eigenvalue weighted by atomic mass is 10.2. The molecule has 5 nitrogen and oxygen atoms in total. The van der Waals surface area contributed by atoms with Crippen LogP contribution in [0.2, 0.25) is 0 Å². The van der Waals surface area contributed by atoms with Gasteiger partial charge in [-0.1, -0.05) is 17.7 Å². The molecule has 0 saturated carbocycles. The lowest BCUT2D eigenvalue weighted by Gasteiger charge is -2.11. The molecule has 0 saturated heterocycles. The highest BCUT2D eigenvalue weighted by atomic mass is 35.5. The van der Waals surface area contributed by atoms with Crippen molar-refractivity contribution >= 4 is 23.4 Å². The van der Waals surface area contributed by atoms with E-state index in [1.165, 1.54) is 6.33 Å². The highest BCUT2D eigenvalue weighted by molar-refractivity contribution is 6.38. The number of nitrogens with zero attached hydrogens (tertiary/aromatic N) is 3. The van der Waals surface area contributed by atoms with Gasteiger partial charge in [0.05, 0.1) is 5.69 Å². The van der Waals surface area contributed by atoms with Crippen LogP contribution >= 0.6 is 11.8 Å². The van der Waals surface area contributed by atoms with E-state index in [0.717, 1.165) is 9.98 Å². The number of aromatic amines is 1. The Morgan fingerprint density at radius 3 is 2.62 bits per heavy atom. The maximum absolute atomic E-state index is 11.8. The standard InChI is InChI=1S/C10H9ClN4O/c1-7-2-4-8(5-3-7)15(11)10(16)9-12-6-13-14-9/h2-6H,1H3,(H,12,13,14). The molecule has 82 valence electrons. The monoisotopic (exact) mass is 236 g/mol. The number of aryl methyl sites for hydroxylation is 1. The second kappa shape index (κ2) is 4.32. The van der Waals surface area contributed by atoms with Gasteiger partial charge in [0.2, 0.25) is 5.82 Å². The molecule has 1 amide bonds. The molecule has 0 atom stereocenters. The normalized spacial score (nSPS) is 10.1. The highest BCUT2D eigenvalue weighted by Gasteiger charge is 2.17. The third kappa shape index (κ3) is 2.04. The summed E-state index contributed by atoms with van der Waals surface area (Å²) in [5.74, 6) is -0.335. The second-order valence-electron chi connectivity index (χ2n) is 3.26. The minimum absolute atomic E-state index is 0.107. The minimum atomic E-state index is -0.442. The van der Waals surface area contributed by atoms with Gasteiger partial charge in [0.1, 0.15) is 6.33 Å². The van der Waals surface area contributed by atoms with Gasteiger partial charge in [0, 0.05) is 11.8 Å². The number of anilines is 1. The third-order valence-corrected chi connectivity index (χ3v) is 2.41. The largest absolute Gasteiger partial charge is 0.310 e. The summed E-state index contributed by atoms with van der Waals surface area (Å²) >= 11 is 5.90. The third-order valence-electron chi connectivity index (χ3n) is 2.06. The van der Waals surface area contributed by atoms with Crippen LogP contribution in [0.1, 0.15) is 16.2 Å². The zero-order valence-corrected chi connectivity index (χ0v) is 9.27. The first-order valence-corrected chi connectivity index (χ1v) is 4.94. The van der Waals surface area contributed by atoms with Crippen molar-refractivity contribution in [1.82, 2.24) is 15.2 Å². The molecule has 0 radical (unpaired) electrons. The van der Waals surface area contributed by atoms with Crippen LogP contribution in [0, 0.1) is 6.92 Å². The van der Waals surface area contributed by atoms with Gasteiger partial charge >= 0.3 is 5.91 Å². The van der Waals surface area contributed by atoms with Crippen molar-refractivity contribution in [3.05, 3.63) is 42.0 Å². The van der Waals surface area contributed by atoms with Crippen LogP contribution in [-0.4, -0.2) is 21.1 Å². The summed E-state index contributed by atoms with van der Waals surface area (Å²) < 4.78 is 1.000. The van der Waals surface area contributed by atoms with Gasteiger partial charge in [-0.05, 0) is 19.1 Å². The number of H-pyrrole nitrogens is 1. The Morgan fingerprint density at radius 2 is 2.06 bits per heavy atom. The van der Waals surface area contributed by atoms with E-state index in [2.05, 4.69) is 15.2 Å². The number of rotatable bonds is 2. The lowest BCUT2D eigenvalue weighted by Crippen LogP contribution is -2.22. The van der Waals surface area contributed by atoms with Crippen molar-refractivity contribution < 1.29 is 4.79 Å². The summed E-state index contributed by atoms with van der Waals surface area (Å²) in [5, 5.41) is 6.05. The number of aromatic nitrogens is 3. The molecule has 0 spiro atoms. The molecule has 0 aliphatic rings. The number of nitrogens with one attached hydrogen (secondary N) is 1. The summed E-state index contributed by atoms with van der Waals surface area (Å²) in [4.78, 5) is 15.5. The van der Waals surface area contributed by atoms with Gasteiger partial charge in [0.15, 0.2) is 0 Å². The Kier molecular flexibility index (Phi) is 2.87. The van der Waals surface area contributed by atoms with Crippen LogP contribution < -0.4 is 4.42 Å². The van der Waals surface area contributed by atoms with Crippen molar-refractivity contribution in [2.45, 2.75) is 6.92 Å². The molecule has 0 unspecified atom stereocenters. The molecule has 0 aliphatic carbocycles. The summed E-state index contributed by atoms with van der Waals surface area (Å²) in [5.41, 5.74) is 1.69. The zero-order valence-electron chi connectivity index (χ0n) is 8.51. The zero-order chi connectivity index (χ0) is 11.5. The smallest absolute Gasteiger partial charge is 0.264 e. The van der Waals surface area contributed by atoms with Crippen LogP contribution in [0.25, 0.3) is 0 Å². The average molecular weight is 237 g/mol. The fourth-order valence-electron chi connectivity index (χ4n) is 1.19. The maximum atomic E-state index is 11.8. The van der Waals surface area contributed by atoms with E-state index < -0.39 is 5.91 Å². The summed E-state index contributed by atoms with van der Waals surface area (Å²) in [6, 6.07) is 7.27. The molecule has 0 bridgehead atoms. The van der Waals surface area contributed by atoms with Crippen LogP contribution in [0.15, 0.2) is 30.6 Å². The molecule has 6 heteroatoms. The van der Waals surface area contributed by atoms with Gasteiger partial charge in [-0.2, -0.15) is 5.10 Å². The van der Waals surface area contributed by atoms with Crippen molar-refractivity contribution in [3.8, 4) is 0 Å². The molecule has 1 aromatic heterocycles. The van der Waals surface area contributed by atoms with E-state index >= 15 is 0 Å². The van der Waals surface area contributed by atoms with Gasteiger partial charge in [-0.15, -0.1) is 0 Å². The molecule has 16 heavy (non-hydrogen) atoms. The Balaban J connectivity index is 2.22. The predicted octanol–water partition coefficient (Wildman–Crippen LogP) is 1.91. The van der Waals surface area contributed by atoms with Crippen LogP contribution in [0.5, 0.6) is 0 Å². The van der Waals surface area contributed by atoms with Crippen molar-refractivity contribution in [1.29, 1.82) is 0 Å². The SMILES string of the molecule is Cc1ccc(N(Cl)C(=O)c2ncn[nH]2)cc1. The predicted molar refractivity (Wildman–Crippen MR) is 60.2 cm³/mol. The van der Waals surface area contributed by atoms with E-state index in [0.29, 0.717) is 5.69 Å².